The van der Waals surface area contributed by atoms with Crippen molar-refractivity contribution in [1.82, 2.24) is 36.2 Å². The van der Waals surface area contributed by atoms with E-state index in [2.05, 4.69) is 31.4 Å². The Morgan fingerprint density at radius 3 is 2.67 bits per heavy atom. The Labute approximate surface area is 157 Å². The third-order valence-electron chi connectivity index (χ3n) is 6.91. The highest BCUT2D eigenvalue weighted by molar-refractivity contribution is 5.98. The molecule has 4 aliphatic carbocycles. The van der Waals surface area contributed by atoms with Crippen LogP contribution in [0.15, 0.2) is 17.6 Å². The lowest BCUT2D eigenvalue weighted by Crippen LogP contribution is -2.66. The van der Waals surface area contributed by atoms with Crippen molar-refractivity contribution in [2.75, 3.05) is 0 Å². The summed E-state index contributed by atoms with van der Waals surface area (Å²) in [7, 11) is 0. The zero-order valence-corrected chi connectivity index (χ0v) is 15.7. The van der Waals surface area contributed by atoms with Crippen LogP contribution in [0.4, 0.5) is 4.79 Å². The first-order chi connectivity index (χ1) is 12.9. The van der Waals surface area contributed by atoms with Gasteiger partial charge in [-0.1, -0.05) is 0 Å². The van der Waals surface area contributed by atoms with Crippen molar-refractivity contribution in [3.63, 3.8) is 0 Å². The van der Waals surface area contributed by atoms with Gasteiger partial charge in [-0.05, 0) is 69.4 Å². The van der Waals surface area contributed by atoms with Crippen molar-refractivity contribution in [2.24, 2.45) is 11.8 Å². The van der Waals surface area contributed by atoms with E-state index in [1.54, 1.807) is 11.7 Å². The van der Waals surface area contributed by atoms with Crippen LogP contribution in [0.25, 0.3) is 0 Å². The Hall–Kier alpha value is -2.45. The molecule has 9 heteroatoms. The van der Waals surface area contributed by atoms with Gasteiger partial charge >= 0.3 is 6.03 Å². The molecule has 5 aliphatic rings. The van der Waals surface area contributed by atoms with Crippen molar-refractivity contribution in [3.05, 3.63) is 17.6 Å². The molecule has 0 saturated heterocycles. The molecule has 4 bridgehead atoms. The molecule has 1 aromatic rings. The average Bonchev–Trinajstić information content (AvgIpc) is 3.07. The number of nitrogens with zero attached hydrogens (tertiary/aromatic N) is 4. The highest BCUT2D eigenvalue weighted by Crippen LogP contribution is 2.60. The Bertz CT molecular complexity index is 817. The first kappa shape index (κ1) is 16.7. The van der Waals surface area contributed by atoms with Crippen LogP contribution in [0.3, 0.4) is 0 Å². The van der Waals surface area contributed by atoms with Crippen LogP contribution in [-0.4, -0.2) is 43.7 Å². The SMILES string of the molecule is CC1=C(C(=O)NC23CC4CC(C2)CC(n2ncnn2)(C4)C3)C(C)NC(=O)N1. The molecule has 2 heterocycles. The molecule has 3 amide bonds. The molecule has 9 nitrogen and oxygen atoms in total. The Morgan fingerprint density at radius 1 is 1.30 bits per heavy atom. The number of hydrogen-bond donors (Lipinski definition) is 3. The molecule has 1 aromatic heterocycles. The third-order valence-corrected chi connectivity index (χ3v) is 6.91. The fourth-order valence-electron chi connectivity index (χ4n) is 6.52. The monoisotopic (exact) mass is 371 g/mol. The molecular weight excluding hydrogens is 346 g/mol. The minimum atomic E-state index is -0.307. The minimum absolute atomic E-state index is 0.0869. The number of allylic oxidation sites excluding steroid dienone is 1. The number of tetrazole rings is 1. The van der Waals surface area contributed by atoms with E-state index in [1.807, 2.05) is 6.92 Å². The molecule has 4 saturated carbocycles. The van der Waals surface area contributed by atoms with Crippen LogP contribution in [0.5, 0.6) is 0 Å². The van der Waals surface area contributed by atoms with E-state index in [4.69, 9.17) is 0 Å². The van der Waals surface area contributed by atoms with Gasteiger partial charge in [-0.25, -0.2) is 4.79 Å². The molecule has 0 spiro atoms. The maximum absolute atomic E-state index is 13.2. The van der Waals surface area contributed by atoms with E-state index in [1.165, 1.54) is 12.7 Å². The zero-order valence-electron chi connectivity index (χ0n) is 15.7. The second-order valence-electron chi connectivity index (χ2n) is 9.00. The van der Waals surface area contributed by atoms with Gasteiger partial charge in [0.1, 0.15) is 0 Å². The summed E-state index contributed by atoms with van der Waals surface area (Å²) >= 11 is 0. The highest BCUT2D eigenvalue weighted by atomic mass is 16.2. The summed E-state index contributed by atoms with van der Waals surface area (Å²) in [5.74, 6) is 1.07. The van der Waals surface area contributed by atoms with Gasteiger partial charge in [-0.15, -0.1) is 10.2 Å². The first-order valence-electron chi connectivity index (χ1n) is 9.72. The molecule has 1 aliphatic heterocycles. The van der Waals surface area contributed by atoms with Crippen molar-refractivity contribution < 1.29 is 9.59 Å². The molecule has 3 N–H and O–H groups in total. The molecular formula is C18H25N7O2. The molecule has 144 valence electrons. The molecule has 3 atom stereocenters. The van der Waals surface area contributed by atoms with Crippen molar-refractivity contribution >= 4 is 11.9 Å². The van der Waals surface area contributed by atoms with Crippen molar-refractivity contribution in [3.8, 4) is 0 Å². The minimum Gasteiger partial charge on any atom is -0.347 e. The number of nitrogens with one attached hydrogen (secondary N) is 3. The van der Waals surface area contributed by atoms with Gasteiger partial charge in [0.05, 0.1) is 17.2 Å². The largest absolute Gasteiger partial charge is 0.347 e. The van der Waals surface area contributed by atoms with Crippen molar-refractivity contribution in [1.29, 1.82) is 0 Å². The normalized spacial score (nSPS) is 39.9. The number of carbonyl (C=O) groups excluding carboxylic acids is 2. The van der Waals surface area contributed by atoms with Crippen LogP contribution < -0.4 is 16.0 Å². The van der Waals surface area contributed by atoms with Gasteiger partial charge in [-0.3, -0.25) is 4.79 Å². The predicted molar refractivity (Wildman–Crippen MR) is 95.2 cm³/mol. The summed E-state index contributed by atoms with van der Waals surface area (Å²) in [5.41, 5.74) is 0.866. The van der Waals surface area contributed by atoms with E-state index < -0.39 is 0 Å². The highest BCUT2D eigenvalue weighted by Gasteiger charge is 2.60. The van der Waals surface area contributed by atoms with E-state index in [9.17, 15) is 9.59 Å². The molecule has 6 rings (SSSR count). The molecule has 27 heavy (non-hydrogen) atoms. The first-order valence-corrected chi connectivity index (χ1v) is 9.72. The fourth-order valence-corrected chi connectivity index (χ4v) is 6.52. The summed E-state index contributed by atoms with van der Waals surface area (Å²) in [6, 6.07) is -0.568. The van der Waals surface area contributed by atoms with Gasteiger partial charge in [0.2, 0.25) is 0 Å². The molecule has 3 unspecified atom stereocenters. The van der Waals surface area contributed by atoms with Crippen LogP contribution in [0.1, 0.15) is 52.4 Å². The van der Waals surface area contributed by atoms with Crippen LogP contribution in [0, 0.1) is 11.8 Å². The Kier molecular flexibility index (Phi) is 3.42. The second-order valence-corrected chi connectivity index (χ2v) is 9.00. The number of amides is 3. The summed E-state index contributed by atoms with van der Waals surface area (Å²) in [6.45, 7) is 3.63. The lowest BCUT2D eigenvalue weighted by atomic mass is 9.50. The van der Waals surface area contributed by atoms with Gasteiger partial charge < -0.3 is 16.0 Å². The van der Waals surface area contributed by atoms with Crippen LogP contribution >= 0.6 is 0 Å². The van der Waals surface area contributed by atoms with Gasteiger partial charge in [-0.2, -0.15) is 4.80 Å². The van der Waals surface area contributed by atoms with Crippen molar-refractivity contribution in [2.45, 2.75) is 69.5 Å². The van der Waals surface area contributed by atoms with Gasteiger partial charge in [0, 0.05) is 11.2 Å². The smallest absolute Gasteiger partial charge is 0.319 e. The average molecular weight is 371 g/mol. The summed E-state index contributed by atoms with van der Waals surface area (Å²) in [4.78, 5) is 26.6. The zero-order chi connectivity index (χ0) is 18.8. The van der Waals surface area contributed by atoms with E-state index >= 15 is 0 Å². The maximum atomic E-state index is 13.2. The van der Waals surface area contributed by atoms with Crippen LogP contribution in [-0.2, 0) is 10.3 Å². The molecule has 4 fully saturated rings. The standard InChI is InChI=1S/C18H25N7O2/c1-10-14(11(2)22-16(27)21-10)15(26)23-17-4-12-3-13(5-17)7-18(6-12,8-17)25-20-9-19-24-25/h9-10,12-13H,3-8H2,1-2H3,(H,23,26)(H2,21,22,27). The molecule has 0 aromatic carbocycles. The number of aromatic nitrogens is 4. The Balaban J connectivity index is 1.44. The van der Waals surface area contributed by atoms with Crippen LogP contribution in [0.2, 0.25) is 0 Å². The quantitative estimate of drug-likeness (QED) is 0.728. The fraction of sp³-hybridized carbons (Fsp3) is 0.722. The number of urea groups is 1. The second kappa shape index (κ2) is 5.53. The van der Waals surface area contributed by atoms with E-state index in [-0.39, 0.29) is 29.1 Å². The third kappa shape index (κ3) is 2.55. The van der Waals surface area contributed by atoms with E-state index in [0.29, 0.717) is 23.1 Å². The Morgan fingerprint density at radius 2 is 2.04 bits per heavy atom. The van der Waals surface area contributed by atoms with E-state index in [0.717, 1.165) is 32.1 Å². The number of hydrogen-bond acceptors (Lipinski definition) is 5. The van der Waals surface area contributed by atoms with Gasteiger partial charge in [0.25, 0.3) is 5.91 Å². The topological polar surface area (TPSA) is 114 Å². The summed E-state index contributed by atoms with van der Waals surface area (Å²) in [6.07, 6.45) is 7.70. The number of carbonyl (C=O) groups is 2. The lowest BCUT2D eigenvalue weighted by molar-refractivity contribution is -0.128. The van der Waals surface area contributed by atoms with Gasteiger partial charge in [0.15, 0.2) is 6.33 Å². The maximum Gasteiger partial charge on any atom is 0.319 e. The summed E-state index contributed by atoms with van der Waals surface area (Å²) < 4.78 is 0. The predicted octanol–water partition coefficient (Wildman–Crippen LogP) is 0.813. The summed E-state index contributed by atoms with van der Waals surface area (Å²) in [5, 5.41) is 21.4. The molecule has 0 radical (unpaired) electrons. The number of rotatable bonds is 3. The lowest BCUT2D eigenvalue weighted by Gasteiger charge is -2.61.